The van der Waals surface area contributed by atoms with E-state index in [1.807, 2.05) is 27.7 Å². The number of nitriles is 1. The molecule has 0 spiro atoms. The standard InChI is InChI=1S/C9H17N3/c1-5-8(6-10)7-11-12-9(2,3)4/h8H,5,7H2,1-4H3. The van der Waals surface area contributed by atoms with Crippen LogP contribution in [0.5, 0.6) is 0 Å². The molecule has 0 amide bonds. The normalized spacial score (nSPS) is 14.6. The second kappa shape index (κ2) is 4.87. The van der Waals surface area contributed by atoms with Crippen LogP contribution < -0.4 is 0 Å². The molecule has 0 fully saturated rings. The molecule has 0 rings (SSSR count). The van der Waals surface area contributed by atoms with Gasteiger partial charge in [-0.3, -0.25) is 0 Å². The summed E-state index contributed by atoms with van der Waals surface area (Å²) in [7, 11) is 0. The Balaban J connectivity index is 3.83. The Morgan fingerprint density at radius 1 is 1.42 bits per heavy atom. The Hall–Kier alpha value is -0.910. The molecule has 0 radical (unpaired) electrons. The molecule has 0 bridgehead atoms. The zero-order chi connectivity index (χ0) is 9.61. The molecule has 0 aromatic heterocycles. The Bertz CT molecular complexity index is 183. The molecule has 0 aliphatic rings. The molecular formula is C9H17N3. The van der Waals surface area contributed by atoms with Crippen LogP contribution in [0.15, 0.2) is 10.2 Å². The lowest BCUT2D eigenvalue weighted by atomic mass is 10.1. The molecule has 0 aromatic rings. The van der Waals surface area contributed by atoms with Gasteiger partial charge in [-0.05, 0) is 27.2 Å². The highest BCUT2D eigenvalue weighted by Crippen LogP contribution is 2.08. The molecule has 0 saturated heterocycles. The molecule has 68 valence electrons. The predicted octanol–water partition coefficient (Wildman–Crippen LogP) is 2.79. The average molecular weight is 167 g/mol. The van der Waals surface area contributed by atoms with E-state index in [1.54, 1.807) is 0 Å². The molecule has 0 saturated carbocycles. The summed E-state index contributed by atoms with van der Waals surface area (Å²) in [6, 6.07) is 2.18. The largest absolute Gasteiger partial charge is 0.198 e. The van der Waals surface area contributed by atoms with Crippen molar-refractivity contribution >= 4 is 0 Å². The Morgan fingerprint density at radius 3 is 2.33 bits per heavy atom. The van der Waals surface area contributed by atoms with Crippen molar-refractivity contribution in [1.29, 1.82) is 5.26 Å². The molecule has 0 aromatic carbocycles. The maximum atomic E-state index is 8.60. The van der Waals surface area contributed by atoms with Crippen LogP contribution in [0.3, 0.4) is 0 Å². The van der Waals surface area contributed by atoms with Crippen molar-refractivity contribution in [3.05, 3.63) is 0 Å². The fourth-order valence-corrected chi connectivity index (χ4v) is 0.613. The quantitative estimate of drug-likeness (QED) is 0.596. The predicted molar refractivity (Wildman–Crippen MR) is 48.9 cm³/mol. The first kappa shape index (κ1) is 11.1. The van der Waals surface area contributed by atoms with Gasteiger partial charge in [-0.1, -0.05) is 6.92 Å². The van der Waals surface area contributed by atoms with Gasteiger partial charge < -0.3 is 0 Å². The maximum absolute atomic E-state index is 8.60. The Kier molecular flexibility index (Phi) is 4.50. The number of azo groups is 1. The molecule has 12 heavy (non-hydrogen) atoms. The summed E-state index contributed by atoms with van der Waals surface area (Å²) in [5, 5.41) is 16.7. The van der Waals surface area contributed by atoms with Crippen LogP contribution in [0, 0.1) is 17.2 Å². The first-order valence-electron chi connectivity index (χ1n) is 4.28. The summed E-state index contributed by atoms with van der Waals surface area (Å²) in [5.41, 5.74) is -0.117. The highest BCUT2D eigenvalue weighted by Gasteiger charge is 2.07. The van der Waals surface area contributed by atoms with E-state index in [2.05, 4.69) is 16.3 Å². The summed E-state index contributed by atoms with van der Waals surface area (Å²) in [5.74, 6) is 0.0242. The van der Waals surface area contributed by atoms with E-state index in [0.717, 1.165) is 6.42 Å². The first-order chi connectivity index (χ1) is 5.49. The summed E-state index contributed by atoms with van der Waals surface area (Å²) in [6.45, 7) is 8.49. The van der Waals surface area contributed by atoms with Crippen LogP contribution in [-0.2, 0) is 0 Å². The van der Waals surface area contributed by atoms with E-state index < -0.39 is 0 Å². The molecule has 0 heterocycles. The van der Waals surface area contributed by atoms with Crippen LogP contribution in [0.4, 0.5) is 0 Å². The minimum absolute atomic E-state index is 0.0242. The topological polar surface area (TPSA) is 48.5 Å². The second-order valence-electron chi connectivity index (χ2n) is 3.83. The molecule has 1 atom stereocenters. The lowest BCUT2D eigenvalue weighted by Crippen LogP contribution is -2.09. The summed E-state index contributed by atoms with van der Waals surface area (Å²) in [4.78, 5) is 0. The fourth-order valence-electron chi connectivity index (χ4n) is 0.613. The van der Waals surface area contributed by atoms with Gasteiger partial charge in [-0.15, -0.1) is 0 Å². The Morgan fingerprint density at radius 2 is 2.00 bits per heavy atom. The molecular weight excluding hydrogens is 150 g/mol. The van der Waals surface area contributed by atoms with Crippen LogP contribution in [0.1, 0.15) is 34.1 Å². The van der Waals surface area contributed by atoms with Gasteiger partial charge in [-0.25, -0.2) is 0 Å². The van der Waals surface area contributed by atoms with Gasteiger partial charge in [0.15, 0.2) is 0 Å². The smallest absolute Gasteiger partial charge is 0.0757 e. The van der Waals surface area contributed by atoms with E-state index in [0.29, 0.717) is 6.54 Å². The van der Waals surface area contributed by atoms with Gasteiger partial charge in [0.05, 0.1) is 24.1 Å². The van der Waals surface area contributed by atoms with E-state index in [4.69, 9.17) is 5.26 Å². The number of rotatable bonds is 3. The van der Waals surface area contributed by atoms with Crippen LogP contribution in [0.25, 0.3) is 0 Å². The van der Waals surface area contributed by atoms with E-state index in [9.17, 15) is 0 Å². The van der Waals surface area contributed by atoms with Gasteiger partial charge in [0.25, 0.3) is 0 Å². The van der Waals surface area contributed by atoms with E-state index in [1.165, 1.54) is 0 Å². The summed E-state index contributed by atoms with van der Waals surface area (Å²) in [6.07, 6.45) is 0.847. The van der Waals surface area contributed by atoms with Gasteiger partial charge in [0, 0.05) is 0 Å². The van der Waals surface area contributed by atoms with Crippen molar-refractivity contribution in [2.45, 2.75) is 39.7 Å². The third-order valence-corrected chi connectivity index (χ3v) is 1.35. The maximum Gasteiger partial charge on any atom is 0.0757 e. The van der Waals surface area contributed by atoms with Crippen molar-refractivity contribution in [3.63, 3.8) is 0 Å². The lowest BCUT2D eigenvalue weighted by molar-refractivity contribution is 0.520. The molecule has 1 unspecified atom stereocenters. The third-order valence-electron chi connectivity index (χ3n) is 1.35. The molecule has 0 N–H and O–H groups in total. The summed E-state index contributed by atoms with van der Waals surface area (Å²) < 4.78 is 0. The highest BCUT2D eigenvalue weighted by molar-refractivity contribution is 4.82. The first-order valence-corrected chi connectivity index (χ1v) is 4.28. The number of hydrogen-bond donors (Lipinski definition) is 0. The molecule has 3 heteroatoms. The van der Waals surface area contributed by atoms with Crippen molar-refractivity contribution in [1.82, 2.24) is 0 Å². The number of nitrogens with zero attached hydrogens (tertiary/aromatic N) is 3. The van der Waals surface area contributed by atoms with Crippen molar-refractivity contribution in [2.24, 2.45) is 16.1 Å². The van der Waals surface area contributed by atoms with Gasteiger partial charge in [0.1, 0.15) is 0 Å². The minimum atomic E-state index is -0.117. The average Bonchev–Trinajstić information content (AvgIpc) is 1.96. The van der Waals surface area contributed by atoms with Crippen molar-refractivity contribution in [3.8, 4) is 6.07 Å². The van der Waals surface area contributed by atoms with Gasteiger partial charge in [0.2, 0.25) is 0 Å². The SMILES string of the molecule is CCC(C#N)CN=NC(C)(C)C. The number of hydrogen-bond acceptors (Lipinski definition) is 3. The zero-order valence-corrected chi connectivity index (χ0v) is 8.33. The lowest BCUT2D eigenvalue weighted by Gasteiger charge is -2.09. The zero-order valence-electron chi connectivity index (χ0n) is 8.33. The van der Waals surface area contributed by atoms with Crippen LogP contribution >= 0.6 is 0 Å². The van der Waals surface area contributed by atoms with E-state index >= 15 is 0 Å². The van der Waals surface area contributed by atoms with Gasteiger partial charge in [-0.2, -0.15) is 15.5 Å². The fraction of sp³-hybridized carbons (Fsp3) is 0.889. The van der Waals surface area contributed by atoms with Crippen LogP contribution in [0.2, 0.25) is 0 Å². The Labute approximate surface area is 74.5 Å². The highest BCUT2D eigenvalue weighted by atomic mass is 15.1. The van der Waals surface area contributed by atoms with Crippen LogP contribution in [-0.4, -0.2) is 12.1 Å². The summed E-state index contributed by atoms with van der Waals surface area (Å²) >= 11 is 0. The molecule has 3 nitrogen and oxygen atoms in total. The van der Waals surface area contributed by atoms with Crippen molar-refractivity contribution < 1.29 is 0 Å². The minimum Gasteiger partial charge on any atom is -0.198 e. The monoisotopic (exact) mass is 167 g/mol. The third kappa shape index (κ3) is 5.84. The second-order valence-corrected chi connectivity index (χ2v) is 3.83. The van der Waals surface area contributed by atoms with Gasteiger partial charge >= 0.3 is 0 Å². The van der Waals surface area contributed by atoms with E-state index in [-0.39, 0.29) is 11.5 Å². The van der Waals surface area contributed by atoms with Crippen molar-refractivity contribution in [2.75, 3.05) is 6.54 Å². The molecule has 0 aliphatic heterocycles. The molecule has 0 aliphatic carbocycles.